The third-order valence-corrected chi connectivity index (χ3v) is 10.4. The van der Waals surface area contributed by atoms with Crippen molar-refractivity contribution in [1.82, 2.24) is 0 Å². The zero-order valence-corrected chi connectivity index (χ0v) is 17.8. The number of rotatable bonds is 1. The first-order valence-corrected chi connectivity index (χ1v) is 8.92. The predicted octanol–water partition coefficient (Wildman–Crippen LogP) is 6.85. The average molecular weight is 313 g/mol. The fourth-order valence-electron chi connectivity index (χ4n) is 5.90. The Morgan fingerprint density at radius 1 is 0.476 bits per heavy atom. The van der Waals surface area contributed by atoms with Gasteiger partial charge in [0, 0.05) is 4.75 Å². The van der Waals surface area contributed by atoms with Crippen LogP contribution < -0.4 is 0 Å². The summed E-state index contributed by atoms with van der Waals surface area (Å²) >= 11 is 5.12. The van der Waals surface area contributed by atoms with E-state index in [-0.39, 0.29) is 37.2 Å². The first-order valence-electron chi connectivity index (χ1n) is 8.47. The molecule has 1 aliphatic rings. The average Bonchev–Trinajstić information content (AvgIpc) is 2.23. The Hall–Kier alpha value is 0.350. The van der Waals surface area contributed by atoms with Crippen molar-refractivity contribution < 1.29 is 0 Å². The third kappa shape index (κ3) is 1.71. The van der Waals surface area contributed by atoms with Gasteiger partial charge in [-0.1, -0.05) is 90.0 Å². The molecule has 0 saturated heterocycles. The minimum absolute atomic E-state index is 0.0506. The maximum Gasteiger partial charge on any atom is 0.0137 e. The molecule has 0 aromatic carbocycles. The molecule has 1 saturated carbocycles. The summed E-state index contributed by atoms with van der Waals surface area (Å²) in [6.45, 7) is 31.9. The fraction of sp³-hybridized carbons (Fsp3) is 1.00. The van der Waals surface area contributed by atoms with Gasteiger partial charge in [-0.05, 0) is 32.5 Å². The Kier molecular flexibility index (Phi) is 3.92. The van der Waals surface area contributed by atoms with Crippen LogP contribution in [0.3, 0.4) is 0 Å². The monoisotopic (exact) mass is 312 g/mol. The molecule has 0 bridgehead atoms. The first-order chi connectivity index (χ1) is 8.75. The molecule has 1 rings (SSSR count). The molecular weight excluding hydrogens is 272 g/mol. The Bertz CT molecular complexity index is 397. The topological polar surface area (TPSA) is 0 Å². The van der Waals surface area contributed by atoms with Crippen LogP contribution in [0.1, 0.15) is 90.0 Å². The summed E-state index contributed by atoms with van der Waals surface area (Å²) in [6, 6.07) is 0. The lowest BCUT2D eigenvalue weighted by molar-refractivity contribution is -0.297. The zero-order valence-electron chi connectivity index (χ0n) is 16.9. The normalized spacial score (nSPS) is 31.7. The van der Waals surface area contributed by atoms with Gasteiger partial charge in [0.2, 0.25) is 0 Å². The van der Waals surface area contributed by atoms with Gasteiger partial charge < -0.3 is 0 Å². The molecule has 0 atom stereocenters. The quantitative estimate of drug-likeness (QED) is 0.503. The smallest absolute Gasteiger partial charge is 0.0137 e. The van der Waals surface area contributed by atoms with Crippen LogP contribution in [-0.4, -0.2) is 4.75 Å². The Morgan fingerprint density at radius 3 is 0.857 bits per heavy atom. The lowest BCUT2D eigenvalue weighted by Crippen LogP contribution is -2.75. The molecule has 0 unspecified atom stereocenters. The molecule has 21 heavy (non-hydrogen) atoms. The van der Waals surface area contributed by atoms with E-state index in [9.17, 15) is 0 Å². The summed E-state index contributed by atoms with van der Waals surface area (Å²) in [5.74, 6) is 0. The predicted molar refractivity (Wildman–Crippen MR) is 100 cm³/mol. The number of thiol groups is 1. The fourth-order valence-corrected chi connectivity index (χ4v) is 6.46. The molecule has 0 spiro atoms. The van der Waals surface area contributed by atoms with Gasteiger partial charge in [-0.3, -0.25) is 0 Å². The van der Waals surface area contributed by atoms with Crippen molar-refractivity contribution in [1.29, 1.82) is 0 Å². The van der Waals surface area contributed by atoms with E-state index in [4.69, 9.17) is 12.6 Å². The summed E-state index contributed by atoms with van der Waals surface area (Å²) in [6.07, 6.45) is 0. The zero-order chi connectivity index (χ0) is 17.5. The second-order valence-electron chi connectivity index (χ2n) is 10.8. The minimum atomic E-state index is -0.0506. The Balaban J connectivity index is 3.93. The molecule has 0 aliphatic heterocycles. The maximum atomic E-state index is 5.12. The van der Waals surface area contributed by atoms with E-state index in [1.165, 1.54) is 0 Å². The standard InChI is InChI=1S/C20H40S/c1-14(2)15(3,4)17(7,8)20(13,19(11,12)21)18(9,10)16(14,5)6/h21H,1-13H3. The van der Waals surface area contributed by atoms with Crippen LogP contribution in [0.15, 0.2) is 0 Å². The van der Waals surface area contributed by atoms with Crippen LogP contribution in [0, 0.1) is 32.5 Å². The maximum absolute atomic E-state index is 5.12. The van der Waals surface area contributed by atoms with Gasteiger partial charge in [0.05, 0.1) is 0 Å². The molecular formula is C20H40S. The highest BCUT2D eigenvalue weighted by Crippen LogP contribution is 2.80. The van der Waals surface area contributed by atoms with Crippen molar-refractivity contribution in [2.24, 2.45) is 32.5 Å². The molecule has 1 aliphatic carbocycles. The highest BCUT2D eigenvalue weighted by atomic mass is 32.1. The number of hydrogen-bond acceptors (Lipinski definition) is 1. The van der Waals surface area contributed by atoms with E-state index in [1.54, 1.807) is 0 Å². The molecule has 126 valence electrons. The lowest BCUT2D eigenvalue weighted by Gasteiger charge is -2.79. The SMILES string of the molecule is CC(C)(S)C1(C)C(C)(C)C(C)(C)C(C)(C)C(C)(C)C1(C)C. The van der Waals surface area contributed by atoms with E-state index >= 15 is 0 Å². The largest absolute Gasteiger partial charge is 0.172 e. The van der Waals surface area contributed by atoms with Crippen molar-refractivity contribution in [3.05, 3.63) is 0 Å². The van der Waals surface area contributed by atoms with Crippen molar-refractivity contribution in [2.45, 2.75) is 94.8 Å². The van der Waals surface area contributed by atoms with Crippen molar-refractivity contribution in [2.75, 3.05) is 0 Å². The first kappa shape index (κ1) is 19.4. The van der Waals surface area contributed by atoms with Gasteiger partial charge in [-0.2, -0.15) is 12.6 Å². The molecule has 0 amide bonds. The van der Waals surface area contributed by atoms with Crippen molar-refractivity contribution in [3.63, 3.8) is 0 Å². The highest BCUT2D eigenvalue weighted by molar-refractivity contribution is 7.81. The molecule has 0 radical (unpaired) electrons. The molecule has 0 aromatic heterocycles. The minimum Gasteiger partial charge on any atom is -0.172 e. The van der Waals surface area contributed by atoms with Crippen molar-refractivity contribution in [3.8, 4) is 0 Å². The lowest BCUT2D eigenvalue weighted by atomic mass is 9.26. The van der Waals surface area contributed by atoms with Crippen LogP contribution in [0.4, 0.5) is 0 Å². The van der Waals surface area contributed by atoms with Crippen LogP contribution in [0.5, 0.6) is 0 Å². The van der Waals surface area contributed by atoms with Crippen LogP contribution in [-0.2, 0) is 0 Å². The summed E-state index contributed by atoms with van der Waals surface area (Å²) in [7, 11) is 0. The van der Waals surface area contributed by atoms with Gasteiger partial charge in [-0.25, -0.2) is 0 Å². The van der Waals surface area contributed by atoms with Crippen LogP contribution >= 0.6 is 12.6 Å². The van der Waals surface area contributed by atoms with Crippen LogP contribution in [0.2, 0.25) is 0 Å². The molecule has 0 heterocycles. The van der Waals surface area contributed by atoms with Gasteiger partial charge >= 0.3 is 0 Å². The Labute approximate surface area is 140 Å². The van der Waals surface area contributed by atoms with Crippen LogP contribution in [0.25, 0.3) is 0 Å². The van der Waals surface area contributed by atoms with E-state index in [1.807, 2.05) is 0 Å². The van der Waals surface area contributed by atoms with E-state index < -0.39 is 0 Å². The highest BCUT2D eigenvalue weighted by Gasteiger charge is 2.75. The summed E-state index contributed by atoms with van der Waals surface area (Å²) in [5.41, 5.74) is 1.05. The summed E-state index contributed by atoms with van der Waals surface area (Å²) in [5, 5.41) is 0. The molecule has 0 N–H and O–H groups in total. The van der Waals surface area contributed by atoms with Gasteiger partial charge in [0.1, 0.15) is 0 Å². The molecule has 1 fully saturated rings. The summed E-state index contributed by atoms with van der Waals surface area (Å²) in [4.78, 5) is 0. The second kappa shape index (κ2) is 4.25. The second-order valence-corrected chi connectivity index (χ2v) is 11.9. The Morgan fingerprint density at radius 2 is 0.667 bits per heavy atom. The van der Waals surface area contributed by atoms with E-state index in [2.05, 4.69) is 90.0 Å². The van der Waals surface area contributed by atoms with Crippen molar-refractivity contribution >= 4 is 12.6 Å². The number of hydrogen-bond donors (Lipinski definition) is 1. The molecule has 1 heteroatoms. The van der Waals surface area contributed by atoms with Gasteiger partial charge in [0.25, 0.3) is 0 Å². The third-order valence-electron chi connectivity index (χ3n) is 9.97. The van der Waals surface area contributed by atoms with Gasteiger partial charge in [0.15, 0.2) is 0 Å². The van der Waals surface area contributed by atoms with E-state index in [0.717, 1.165) is 0 Å². The molecule has 0 aromatic rings. The van der Waals surface area contributed by atoms with Gasteiger partial charge in [-0.15, -0.1) is 0 Å². The molecule has 0 nitrogen and oxygen atoms in total. The van der Waals surface area contributed by atoms with E-state index in [0.29, 0.717) is 0 Å². The summed E-state index contributed by atoms with van der Waals surface area (Å²) < 4.78 is -0.0506.